The van der Waals surface area contributed by atoms with Crippen LogP contribution in [0.5, 0.6) is 0 Å². The minimum Gasteiger partial charge on any atom is -0.357 e. The summed E-state index contributed by atoms with van der Waals surface area (Å²) >= 11 is 0. The molecule has 7 nitrogen and oxygen atoms in total. The number of hydrogen-bond acceptors (Lipinski definition) is 3. The van der Waals surface area contributed by atoms with Gasteiger partial charge in [-0.15, -0.1) is 0 Å². The molecule has 0 saturated heterocycles. The Morgan fingerprint density at radius 2 is 1.58 bits per heavy atom. The van der Waals surface area contributed by atoms with Gasteiger partial charge in [0.05, 0.1) is 13.1 Å². The zero-order chi connectivity index (χ0) is 23.6. The number of benzene rings is 2. The van der Waals surface area contributed by atoms with Gasteiger partial charge in [-0.25, -0.2) is 4.99 Å². The van der Waals surface area contributed by atoms with Crippen LogP contribution in [0.15, 0.2) is 82.7 Å². The van der Waals surface area contributed by atoms with E-state index in [4.69, 9.17) is 0 Å². The minimum absolute atomic E-state index is 0.00586. The maximum atomic E-state index is 12.0. The smallest absolute Gasteiger partial charge is 0.253 e. The fraction of sp³-hybridized carbons (Fsp3) is 0.269. The highest BCUT2D eigenvalue weighted by atomic mass is 16.2. The quantitative estimate of drug-likeness (QED) is 0.413. The van der Waals surface area contributed by atoms with E-state index in [1.807, 2.05) is 49.4 Å². The molecule has 7 heteroatoms. The molecule has 0 aliphatic rings. The molecule has 3 aromatic rings. The molecule has 2 N–H and O–H groups in total. The first-order chi connectivity index (χ1) is 16.0. The summed E-state index contributed by atoms with van der Waals surface area (Å²) in [6.07, 6.45) is 1.80. The number of carbonyl (C=O) groups is 1. The SMILES string of the molecule is CCNC(=NCc1ccc(C(=O)N(C)C)cc1)NCc1ccc(Cn2ccccc2=O)cc1. The summed E-state index contributed by atoms with van der Waals surface area (Å²) in [5.41, 5.74) is 3.88. The Bertz CT molecular complexity index is 1130. The molecular weight excluding hydrogens is 414 g/mol. The van der Waals surface area contributed by atoms with Gasteiger partial charge < -0.3 is 20.1 Å². The van der Waals surface area contributed by atoms with Crippen molar-refractivity contribution in [1.82, 2.24) is 20.1 Å². The van der Waals surface area contributed by atoms with E-state index >= 15 is 0 Å². The van der Waals surface area contributed by atoms with Gasteiger partial charge in [-0.3, -0.25) is 9.59 Å². The van der Waals surface area contributed by atoms with Gasteiger partial charge in [0.1, 0.15) is 0 Å². The lowest BCUT2D eigenvalue weighted by Crippen LogP contribution is -2.36. The fourth-order valence-corrected chi connectivity index (χ4v) is 3.26. The number of pyridine rings is 1. The number of nitrogens with one attached hydrogen (secondary N) is 2. The molecule has 1 aromatic heterocycles. The van der Waals surface area contributed by atoms with Gasteiger partial charge in [0, 0.05) is 45.0 Å². The Hall–Kier alpha value is -3.87. The lowest BCUT2D eigenvalue weighted by atomic mass is 10.1. The van der Waals surface area contributed by atoms with Crippen molar-refractivity contribution >= 4 is 11.9 Å². The van der Waals surface area contributed by atoms with Crippen molar-refractivity contribution in [2.24, 2.45) is 4.99 Å². The Balaban J connectivity index is 1.57. The van der Waals surface area contributed by atoms with E-state index in [2.05, 4.69) is 27.8 Å². The van der Waals surface area contributed by atoms with Gasteiger partial charge in [-0.05, 0) is 41.8 Å². The van der Waals surface area contributed by atoms with Crippen LogP contribution in [-0.2, 0) is 19.6 Å². The molecule has 0 aliphatic heterocycles. The molecule has 0 aliphatic carbocycles. The topological polar surface area (TPSA) is 78.7 Å². The number of guanidine groups is 1. The van der Waals surface area contributed by atoms with Crippen molar-refractivity contribution < 1.29 is 4.79 Å². The molecule has 0 unspecified atom stereocenters. The lowest BCUT2D eigenvalue weighted by molar-refractivity contribution is 0.0827. The van der Waals surface area contributed by atoms with Gasteiger partial charge in [0.2, 0.25) is 0 Å². The van der Waals surface area contributed by atoms with Crippen molar-refractivity contribution in [2.45, 2.75) is 26.6 Å². The summed E-state index contributed by atoms with van der Waals surface area (Å²) in [5.74, 6) is 0.716. The van der Waals surface area contributed by atoms with Crippen LogP contribution in [-0.4, -0.2) is 42.0 Å². The molecule has 33 heavy (non-hydrogen) atoms. The standard InChI is InChI=1S/C26H31N5O2/c1-4-27-26(29-18-21-12-14-23(15-13-21)25(33)30(2)3)28-17-20-8-10-22(11-9-20)19-31-16-6-5-7-24(31)32/h5-16H,4,17-19H2,1-3H3,(H2,27,28,29). The number of aromatic nitrogens is 1. The van der Waals surface area contributed by atoms with Gasteiger partial charge in [0.15, 0.2) is 5.96 Å². The van der Waals surface area contributed by atoms with Gasteiger partial charge >= 0.3 is 0 Å². The van der Waals surface area contributed by atoms with Crippen LogP contribution in [0.1, 0.15) is 34.0 Å². The number of rotatable bonds is 8. The zero-order valence-corrected chi connectivity index (χ0v) is 19.4. The van der Waals surface area contributed by atoms with Gasteiger partial charge in [0.25, 0.3) is 11.5 Å². The van der Waals surface area contributed by atoms with Gasteiger partial charge in [-0.1, -0.05) is 42.5 Å². The van der Waals surface area contributed by atoms with E-state index in [-0.39, 0.29) is 11.5 Å². The highest BCUT2D eigenvalue weighted by molar-refractivity contribution is 5.93. The molecule has 3 rings (SSSR count). The van der Waals surface area contributed by atoms with Crippen molar-refractivity contribution in [3.8, 4) is 0 Å². The normalized spacial score (nSPS) is 11.2. The van der Waals surface area contributed by atoms with E-state index in [0.717, 1.165) is 29.2 Å². The van der Waals surface area contributed by atoms with E-state index < -0.39 is 0 Å². The van der Waals surface area contributed by atoms with E-state index in [0.29, 0.717) is 25.2 Å². The molecule has 2 aromatic carbocycles. The van der Waals surface area contributed by atoms with E-state index in [1.54, 1.807) is 41.9 Å². The maximum absolute atomic E-state index is 12.0. The van der Waals surface area contributed by atoms with Crippen LogP contribution in [0.25, 0.3) is 0 Å². The summed E-state index contributed by atoms with van der Waals surface area (Å²) in [6, 6.07) is 20.9. The lowest BCUT2D eigenvalue weighted by Gasteiger charge is -2.12. The summed E-state index contributed by atoms with van der Waals surface area (Å²) in [7, 11) is 3.49. The number of nitrogens with zero attached hydrogens (tertiary/aromatic N) is 3. The first kappa shape index (κ1) is 23.8. The predicted octanol–water partition coefficient (Wildman–Crippen LogP) is 2.85. The molecule has 0 radical (unpaired) electrons. The molecule has 0 atom stereocenters. The Labute approximate surface area is 194 Å². The third kappa shape index (κ3) is 7.07. The van der Waals surface area contributed by atoms with Crippen LogP contribution < -0.4 is 16.2 Å². The fourth-order valence-electron chi connectivity index (χ4n) is 3.26. The van der Waals surface area contributed by atoms with Gasteiger partial charge in [-0.2, -0.15) is 0 Å². The van der Waals surface area contributed by atoms with Crippen LogP contribution >= 0.6 is 0 Å². The van der Waals surface area contributed by atoms with Crippen molar-refractivity contribution in [3.63, 3.8) is 0 Å². The van der Waals surface area contributed by atoms with E-state index in [9.17, 15) is 9.59 Å². The predicted molar refractivity (Wildman–Crippen MR) is 132 cm³/mol. The second-order valence-corrected chi connectivity index (χ2v) is 7.93. The summed E-state index contributed by atoms with van der Waals surface area (Å²) in [5, 5.41) is 6.61. The average Bonchev–Trinajstić information content (AvgIpc) is 2.83. The van der Waals surface area contributed by atoms with Crippen LogP contribution in [0, 0.1) is 0 Å². The van der Waals surface area contributed by atoms with Crippen LogP contribution in [0.4, 0.5) is 0 Å². The van der Waals surface area contributed by atoms with Crippen molar-refractivity contribution in [2.75, 3.05) is 20.6 Å². The maximum Gasteiger partial charge on any atom is 0.253 e. The summed E-state index contributed by atoms with van der Waals surface area (Å²) in [4.78, 5) is 30.1. The molecule has 0 saturated carbocycles. The summed E-state index contributed by atoms with van der Waals surface area (Å²) in [6.45, 7) is 4.48. The van der Waals surface area contributed by atoms with Crippen molar-refractivity contribution in [3.05, 3.63) is 106 Å². The highest BCUT2D eigenvalue weighted by Crippen LogP contribution is 2.08. The Morgan fingerprint density at radius 3 is 2.21 bits per heavy atom. The highest BCUT2D eigenvalue weighted by Gasteiger charge is 2.07. The molecule has 1 heterocycles. The Morgan fingerprint density at radius 1 is 0.909 bits per heavy atom. The number of carbonyl (C=O) groups excluding carboxylic acids is 1. The first-order valence-corrected chi connectivity index (χ1v) is 11.0. The number of aliphatic imine (C=N–C) groups is 1. The average molecular weight is 446 g/mol. The molecule has 0 fully saturated rings. The molecule has 0 spiro atoms. The third-order valence-electron chi connectivity index (χ3n) is 5.11. The monoisotopic (exact) mass is 445 g/mol. The van der Waals surface area contributed by atoms with Crippen LogP contribution in [0.2, 0.25) is 0 Å². The van der Waals surface area contributed by atoms with E-state index in [1.165, 1.54) is 0 Å². The molecular formula is C26H31N5O2. The minimum atomic E-state index is -0.0121. The molecule has 0 bridgehead atoms. The number of amides is 1. The third-order valence-corrected chi connectivity index (χ3v) is 5.11. The van der Waals surface area contributed by atoms with Crippen molar-refractivity contribution in [1.29, 1.82) is 0 Å². The number of hydrogen-bond donors (Lipinski definition) is 2. The Kier molecular flexibility index (Phi) is 8.41. The summed E-state index contributed by atoms with van der Waals surface area (Å²) < 4.78 is 1.69. The largest absolute Gasteiger partial charge is 0.357 e. The molecule has 172 valence electrons. The zero-order valence-electron chi connectivity index (χ0n) is 19.4. The second kappa shape index (κ2) is 11.7. The van der Waals surface area contributed by atoms with Crippen LogP contribution in [0.3, 0.4) is 0 Å². The second-order valence-electron chi connectivity index (χ2n) is 7.93. The molecule has 1 amide bonds. The first-order valence-electron chi connectivity index (χ1n) is 11.0.